The van der Waals surface area contributed by atoms with Crippen molar-refractivity contribution < 1.29 is 9.15 Å². The first-order valence-corrected chi connectivity index (χ1v) is 9.74. The molecule has 0 N–H and O–H groups in total. The van der Waals surface area contributed by atoms with E-state index in [4.69, 9.17) is 20.8 Å². The molecule has 1 aliphatic rings. The van der Waals surface area contributed by atoms with Crippen molar-refractivity contribution in [2.24, 2.45) is 0 Å². The minimum absolute atomic E-state index is 0.289. The molecule has 7 heteroatoms. The molecule has 0 amide bonds. The van der Waals surface area contributed by atoms with Gasteiger partial charge >= 0.3 is 0 Å². The summed E-state index contributed by atoms with van der Waals surface area (Å²) in [5.41, 5.74) is 0. The minimum atomic E-state index is 0.289. The van der Waals surface area contributed by atoms with E-state index in [-0.39, 0.29) is 6.10 Å². The highest BCUT2D eigenvalue weighted by Crippen LogP contribution is 2.41. The average Bonchev–Trinajstić information content (AvgIpc) is 3.19. The number of rotatable bonds is 4. The van der Waals surface area contributed by atoms with Crippen LogP contribution in [0.3, 0.4) is 0 Å². The summed E-state index contributed by atoms with van der Waals surface area (Å²) in [5, 5.41) is 10.6. The van der Waals surface area contributed by atoms with Crippen molar-refractivity contribution in [2.75, 3.05) is 12.4 Å². The Kier molecular flexibility index (Phi) is 4.57. The highest BCUT2D eigenvalue weighted by molar-refractivity contribution is 7.99. The lowest BCUT2D eigenvalue weighted by molar-refractivity contribution is 0.0314. The van der Waals surface area contributed by atoms with Crippen molar-refractivity contribution in [2.45, 2.75) is 30.6 Å². The first-order valence-electron chi connectivity index (χ1n) is 7.56. The van der Waals surface area contributed by atoms with Gasteiger partial charge in [-0.25, -0.2) is 0 Å². The second kappa shape index (κ2) is 6.81. The molecule has 120 valence electrons. The van der Waals surface area contributed by atoms with Gasteiger partial charge in [0, 0.05) is 22.4 Å². The van der Waals surface area contributed by atoms with Gasteiger partial charge in [0.1, 0.15) is 4.88 Å². The molecule has 0 radical (unpaired) electrons. The zero-order valence-corrected chi connectivity index (χ0v) is 14.7. The summed E-state index contributed by atoms with van der Waals surface area (Å²) >= 11 is 9.58. The minimum Gasteiger partial charge on any atom is -0.410 e. The van der Waals surface area contributed by atoms with Crippen molar-refractivity contribution in [1.29, 1.82) is 0 Å². The van der Waals surface area contributed by atoms with Gasteiger partial charge in [-0.15, -0.1) is 21.5 Å². The maximum absolute atomic E-state index is 6.46. The second-order valence-electron chi connectivity index (χ2n) is 5.41. The Morgan fingerprint density at radius 2 is 2.17 bits per heavy atom. The molecule has 1 saturated heterocycles. The molecule has 4 nitrogen and oxygen atoms in total. The number of thiophene rings is 1. The lowest BCUT2D eigenvalue weighted by Gasteiger charge is -2.21. The summed E-state index contributed by atoms with van der Waals surface area (Å²) in [6.07, 6.45) is 3.79. The normalized spacial score (nSPS) is 18.6. The van der Waals surface area contributed by atoms with Gasteiger partial charge in [-0.05, 0) is 25.3 Å². The third-order valence-electron chi connectivity index (χ3n) is 3.80. The molecule has 0 spiro atoms. The molecule has 23 heavy (non-hydrogen) atoms. The Bertz CT molecular complexity index is 811. The fourth-order valence-electron chi connectivity index (χ4n) is 2.61. The monoisotopic (exact) mass is 366 g/mol. The molecule has 0 bridgehead atoms. The molecule has 3 aromatic rings. The van der Waals surface area contributed by atoms with E-state index in [1.807, 2.05) is 24.3 Å². The Balaban J connectivity index is 1.51. The maximum Gasteiger partial charge on any atom is 0.276 e. The predicted octanol–water partition coefficient (Wildman–Crippen LogP) is 5.27. The van der Waals surface area contributed by atoms with Crippen LogP contribution in [0.4, 0.5) is 0 Å². The van der Waals surface area contributed by atoms with Gasteiger partial charge in [0.15, 0.2) is 0 Å². The Morgan fingerprint density at radius 1 is 1.26 bits per heavy atom. The van der Waals surface area contributed by atoms with Crippen LogP contribution >= 0.6 is 34.7 Å². The lowest BCUT2D eigenvalue weighted by Crippen LogP contribution is -2.21. The number of hydrogen-bond acceptors (Lipinski definition) is 6. The number of ether oxygens (including phenoxy) is 1. The number of nitrogens with zero attached hydrogens (tertiary/aromatic N) is 2. The van der Waals surface area contributed by atoms with Crippen LogP contribution in [0, 0.1) is 0 Å². The van der Waals surface area contributed by atoms with Crippen molar-refractivity contribution in [1.82, 2.24) is 10.2 Å². The number of fused-ring (bicyclic) bond motifs is 1. The smallest absolute Gasteiger partial charge is 0.276 e. The van der Waals surface area contributed by atoms with E-state index < -0.39 is 0 Å². The molecular formula is C16H15ClN2O2S2. The number of aromatic nitrogens is 2. The van der Waals surface area contributed by atoms with E-state index in [9.17, 15) is 0 Å². The summed E-state index contributed by atoms with van der Waals surface area (Å²) in [6.45, 7) is 0.859. The topological polar surface area (TPSA) is 48.2 Å². The third kappa shape index (κ3) is 3.26. The van der Waals surface area contributed by atoms with E-state index in [1.54, 1.807) is 23.1 Å². The van der Waals surface area contributed by atoms with Crippen molar-refractivity contribution in [3.63, 3.8) is 0 Å². The van der Waals surface area contributed by atoms with Crippen molar-refractivity contribution >= 4 is 44.8 Å². The summed E-state index contributed by atoms with van der Waals surface area (Å²) in [4.78, 5) is 0.834. The molecule has 0 saturated carbocycles. The van der Waals surface area contributed by atoms with Crippen LogP contribution in [0.15, 0.2) is 33.9 Å². The molecule has 2 aromatic heterocycles. The number of benzene rings is 1. The zero-order chi connectivity index (χ0) is 15.6. The number of hydrogen-bond donors (Lipinski definition) is 0. The molecule has 1 atom stereocenters. The van der Waals surface area contributed by atoms with Crippen molar-refractivity contribution in [3.05, 3.63) is 29.3 Å². The molecule has 1 aliphatic heterocycles. The number of halogens is 1. The van der Waals surface area contributed by atoms with Crippen molar-refractivity contribution in [3.8, 4) is 10.8 Å². The van der Waals surface area contributed by atoms with E-state index in [0.717, 1.165) is 40.2 Å². The van der Waals surface area contributed by atoms with Gasteiger partial charge in [-0.3, -0.25) is 0 Å². The summed E-state index contributed by atoms with van der Waals surface area (Å²) in [6, 6.07) is 8.02. The Morgan fingerprint density at radius 3 is 3.00 bits per heavy atom. The molecule has 1 fully saturated rings. The van der Waals surface area contributed by atoms with E-state index >= 15 is 0 Å². The van der Waals surface area contributed by atoms with E-state index in [1.165, 1.54) is 6.42 Å². The lowest BCUT2D eigenvalue weighted by atomic mass is 10.1. The summed E-state index contributed by atoms with van der Waals surface area (Å²) < 4.78 is 12.6. The molecule has 3 heterocycles. The molecular weight excluding hydrogens is 352 g/mol. The van der Waals surface area contributed by atoms with Gasteiger partial charge in [0.2, 0.25) is 0 Å². The van der Waals surface area contributed by atoms with E-state index in [2.05, 4.69) is 10.2 Å². The van der Waals surface area contributed by atoms with Gasteiger partial charge in [0.05, 0.1) is 11.1 Å². The van der Waals surface area contributed by atoms with Crippen LogP contribution in [-0.4, -0.2) is 28.7 Å². The van der Waals surface area contributed by atoms with Crippen LogP contribution in [0.2, 0.25) is 5.02 Å². The number of thioether (sulfide) groups is 1. The molecule has 0 unspecified atom stereocenters. The van der Waals surface area contributed by atoms with Crippen LogP contribution in [-0.2, 0) is 4.74 Å². The Labute approximate surface area is 147 Å². The predicted molar refractivity (Wildman–Crippen MR) is 94.4 cm³/mol. The van der Waals surface area contributed by atoms with Gasteiger partial charge in [-0.1, -0.05) is 41.6 Å². The fraction of sp³-hybridized carbons (Fsp3) is 0.375. The molecule has 4 rings (SSSR count). The largest absolute Gasteiger partial charge is 0.410 e. The van der Waals surface area contributed by atoms with Crippen LogP contribution in [0.25, 0.3) is 20.9 Å². The van der Waals surface area contributed by atoms with E-state index in [0.29, 0.717) is 16.1 Å². The third-order valence-corrected chi connectivity index (χ3v) is 6.42. The summed E-state index contributed by atoms with van der Waals surface area (Å²) in [7, 11) is 0. The maximum atomic E-state index is 6.46. The fourth-order valence-corrected chi connectivity index (χ4v) is 4.88. The highest BCUT2D eigenvalue weighted by atomic mass is 35.5. The first kappa shape index (κ1) is 15.4. The highest BCUT2D eigenvalue weighted by Gasteiger charge is 2.19. The first-order chi connectivity index (χ1) is 11.3. The van der Waals surface area contributed by atoms with Gasteiger partial charge < -0.3 is 9.15 Å². The van der Waals surface area contributed by atoms with Gasteiger partial charge in [-0.2, -0.15) is 0 Å². The van der Waals surface area contributed by atoms with Gasteiger partial charge in [0.25, 0.3) is 11.1 Å². The Hall–Kier alpha value is -1.08. The SMILES string of the molecule is Clc1c(-c2nnc(SC[C@@H]3CCCCO3)o2)sc2ccccc12. The second-order valence-corrected chi connectivity index (χ2v) is 7.82. The standard InChI is InChI=1S/C16H15ClN2O2S2/c17-13-11-6-1-2-7-12(11)23-14(13)15-18-19-16(21-15)22-9-10-5-3-4-8-20-10/h1-2,6-7,10H,3-5,8-9H2/t10-/m0/s1. The average molecular weight is 367 g/mol. The van der Waals surface area contributed by atoms with Crippen LogP contribution in [0.1, 0.15) is 19.3 Å². The molecule has 0 aliphatic carbocycles. The van der Waals surface area contributed by atoms with Crippen LogP contribution < -0.4 is 0 Å². The molecule has 1 aromatic carbocycles. The van der Waals surface area contributed by atoms with Crippen LogP contribution in [0.5, 0.6) is 0 Å². The summed E-state index contributed by atoms with van der Waals surface area (Å²) in [5.74, 6) is 1.34. The quantitative estimate of drug-likeness (QED) is 0.589. The zero-order valence-electron chi connectivity index (χ0n) is 12.3.